The second-order valence-corrected chi connectivity index (χ2v) is 2.22. The first-order chi connectivity index (χ1) is 5.74. The van der Waals surface area contributed by atoms with Crippen molar-refractivity contribution in [1.29, 1.82) is 0 Å². The molecule has 0 aliphatic heterocycles. The quantitative estimate of drug-likeness (QED) is 0.644. The molecule has 0 saturated carbocycles. The van der Waals surface area contributed by atoms with Crippen LogP contribution in [-0.4, -0.2) is 11.6 Å². The van der Waals surface area contributed by atoms with Gasteiger partial charge in [-0.05, 0) is 19.1 Å². The summed E-state index contributed by atoms with van der Waals surface area (Å²) in [5.74, 6) is 0.112. The molecule has 2 nitrogen and oxygen atoms in total. The Bertz CT molecular complexity index is 268. The van der Waals surface area contributed by atoms with Crippen molar-refractivity contribution in [2.45, 2.75) is 6.92 Å². The standard InChI is InChI=1S/C9H10FNO/c1-3-12-7(2)9-5-4-8(10)6-11-9/h4-6H,2-3H2,1H3. The molecule has 0 aliphatic carbocycles. The number of ether oxygens (including phenoxy) is 1. The van der Waals surface area contributed by atoms with Gasteiger partial charge >= 0.3 is 0 Å². The fourth-order valence-electron chi connectivity index (χ4n) is 0.789. The molecule has 1 aromatic heterocycles. The summed E-state index contributed by atoms with van der Waals surface area (Å²) in [5.41, 5.74) is 0.568. The molecule has 0 bridgehead atoms. The Morgan fingerprint density at radius 1 is 1.67 bits per heavy atom. The first-order valence-corrected chi connectivity index (χ1v) is 3.67. The Morgan fingerprint density at radius 3 is 2.92 bits per heavy atom. The minimum atomic E-state index is -0.358. The lowest BCUT2D eigenvalue weighted by Crippen LogP contribution is -1.93. The van der Waals surface area contributed by atoms with Gasteiger partial charge in [0, 0.05) is 0 Å². The summed E-state index contributed by atoms with van der Waals surface area (Å²) in [7, 11) is 0. The van der Waals surface area contributed by atoms with E-state index in [1.807, 2.05) is 6.92 Å². The Morgan fingerprint density at radius 2 is 2.42 bits per heavy atom. The number of hydrogen-bond acceptors (Lipinski definition) is 2. The average molecular weight is 167 g/mol. The van der Waals surface area contributed by atoms with Crippen LogP contribution in [0.2, 0.25) is 0 Å². The maximum absolute atomic E-state index is 12.4. The van der Waals surface area contributed by atoms with E-state index in [-0.39, 0.29) is 5.82 Å². The van der Waals surface area contributed by atoms with Gasteiger partial charge < -0.3 is 4.74 Å². The second-order valence-electron chi connectivity index (χ2n) is 2.22. The van der Waals surface area contributed by atoms with Gasteiger partial charge in [0.05, 0.1) is 12.8 Å². The van der Waals surface area contributed by atoms with Crippen LogP contribution in [0, 0.1) is 5.82 Å². The predicted octanol–water partition coefficient (Wildman–Crippen LogP) is 2.23. The minimum absolute atomic E-state index is 0.358. The van der Waals surface area contributed by atoms with Crippen LogP contribution in [0.1, 0.15) is 12.6 Å². The molecule has 0 amide bonds. The lowest BCUT2D eigenvalue weighted by Gasteiger charge is -2.04. The summed E-state index contributed by atoms with van der Waals surface area (Å²) in [5, 5.41) is 0. The van der Waals surface area contributed by atoms with Gasteiger partial charge in [0.2, 0.25) is 0 Å². The van der Waals surface area contributed by atoms with E-state index in [1.54, 1.807) is 0 Å². The Labute approximate surface area is 70.7 Å². The van der Waals surface area contributed by atoms with E-state index >= 15 is 0 Å². The highest BCUT2D eigenvalue weighted by molar-refractivity contribution is 5.52. The number of nitrogens with zero attached hydrogens (tertiary/aromatic N) is 1. The summed E-state index contributed by atoms with van der Waals surface area (Å²) in [6.07, 6.45) is 1.14. The number of pyridine rings is 1. The molecule has 0 unspecified atom stereocenters. The second kappa shape index (κ2) is 3.85. The predicted molar refractivity (Wildman–Crippen MR) is 44.9 cm³/mol. The Kier molecular flexibility index (Phi) is 2.80. The zero-order valence-corrected chi connectivity index (χ0v) is 6.88. The summed E-state index contributed by atoms with van der Waals surface area (Å²) in [4.78, 5) is 3.80. The smallest absolute Gasteiger partial charge is 0.141 e. The number of rotatable bonds is 3. The maximum atomic E-state index is 12.4. The third kappa shape index (κ3) is 2.05. The molecule has 3 heteroatoms. The van der Waals surface area contributed by atoms with E-state index in [0.29, 0.717) is 18.1 Å². The van der Waals surface area contributed by atoms with Crippen LogP contribution < -0.4 is 0 Å². The van der Waals surface area contributed by atoms with Crippen LogP contribution in [0.5, 0.6) is 0 Å². The molecule has 1 aromatic rings. The summed E-state index contributed by atoms with van der Waals surface area (Å²) >= 11 is 0. The van der Waals surface area contributed by atoms with Crippen LogP contribution in [-0.2, 0) is 4.74 Å². The van der Waals surface area contributed by atoms with E-state index in [9.17, 15) is 4.39 Å². The van der Waals surface area contributed by atoms with Gasteiger partial charge in [-0.1, -0.05) is 6.58 Å². The zero-order valence-electron chi connectivity index (χ0n) is 6.88. The van der Waals surface area contributed by atoms with E-state index < -0.39 is 0 Å². The lowest BCUT2D eigenvalue weighted by atomic mass is 10.3. The van der Waals surface area contributed by atoms with E-state index in [1.165, 1.54) is 12.1 Å². The van der Waals surface area contributed by atoms with Gasteiger partial charge in [-0.25, -0.2) is 9.37 Å². The highest BCUT2D eigenvalue weighted by atomic mass is 19.1. The summed E-state index contributed by atoms with van der Waals surface area (Å²) in [6, 6.07) is 2.86. The van der Waals surface area contributed by atoms with Crippen molar-refractivity contribution in [3.8, 4) is 0 Å². The van der Waals surface area contributed by atoms with E-state index in [0.717, 1.165) is 6.20 Å². The van der Waals surface area contributed by atoms with Gasteiger partial charge in [0.1, 0.15) is 17.3 Å². The highest BCUT2D eigenvalue weighted by Crippen LogP contribution is 2.10. The molecule has 0 saturated heterocycles. The van der Waals surface area contributed by atoms with Crippen molar-refractivity contribution >= 4 is 5.76 Å². The summed E-state index contributed by atoms with van der Waals surface area (Å²) in [6.45, 7) is 6.03. The Hall–Kier alpha value is -1.38. The molecule has 0 spiro atoms. The first-order valence-electron chi connectivity index (χ1n) is 3.67. The van der Waals surface area contributed by atoms with Crippen molar-refractivity contribution in [3.63, 3.8) is 0 Å². The fourth-order valence-corrected chi connectivity index (χ4v) is 0.789. The molecular weight excluding hydrogens is 157 g/mol. The number of halogens is 1. The molecule has 0 fully saturated rings. The van der Waals surface area contributed by atoms with Crippen molar-refractivity contribution in [1.82, 2.24) is 4.98 Å². The number of aromatic nitrogens is 1. The molecule has 12 heavy (non-hydrogen) atoms. The molecule has 0 radical (unpaired) electrons. The fraction of sp³-hybridized carbons (Fsp3) is 0.222. The molecule has 1 rings (SSSR count). The van der Waals surface area contributed by atoms with Crippen molar-refractivity contribution in [2.24, 2.45) is 0 Å². The normalized spacial score (nSPS) is 9.50. The van der Waals surface area contributed by atoms with Crippen LogP contribution in [0.25, 0.3) is 5.76 Å². The third-order valence-electron chi connectivity index (χ3n) is 1.33. The monoisotopic (exact) mass is 167 g/mol. The average Bonchev–Trinajstić information content (AvgIpc) is 2.06. The van der Waals surface area contributed by atoms with Gasteiger partial charge in [-0.15, -0.1) is 0 Å². The lowest BCUT2D eigenvalue weighted by molar-refractivity contribution is 0.297. The van der Waals surface area contributed by atoms with Crippen LogP contribution in [0.15, 0.2) is 24.9 Å². The van der Waals surface area contributed by atoms with E-state index in [2.05, 4.69) is 11.6 Å². The van der Waals surface area contributed by atoms with Crippen LogP contribution in [0.4, 0.5) is 4.39 Å². The zero-order chi connectivity index (χ0) is 8.97. The summed E-state index contributed by atoms with van der Waals surface area (Å²) < 4.78 is 17.5. The largest absolute Gasteiger partial charge is 0.492 e. The van der Waals surface area contributed by atoms with Gasteiger partial charge in [-0.2, -0.15) is 0 Å². The van der Waals surface area contributed by atoms with Crippen LogP contribution >= 0.6 is 0 Å². The highest BCUT2D eigenvalue weighted by Gasteiger charge is 1.99. The van der Waals surface area contributed by atoms with Crippen LogP contribution in [0.3, 0.4) is 0 Å². The molecule has 64 valence electrons. The van der Waals surface area contributed by atoms with Gasteiger partial charge in [0.25, 0.3) is 0 Å². The molecule has 1 heterocycles. The van der Waals surface area contributed by atoms with Gasteiger partial charge in [-0.3, -0.25) is 0 Å². The molecule has 0 aliphatic rings. The minimum Gasteiger partial charge on any atom is -0.492 e. The molecule has 0 atom stereocenters. The number of hydrogen-bond donors (Lipinski definition) is 0. The third-order valence-corrected chi connectivity index (χ3v) is 1.33. The first kappa shape index (κ1) is 8.71. The van der Waals surface area contributed by atoms with Crippen molar-refractivity contribution in [3.05, 3.63) is 36.4 Å². The molecule has 0 aromatic carbocycles. The van der Waals surface area contributed by atoms with Gasteiger partial charge in [0.15, 0.2) is 0 Å². The SMILES string of the molecule is C=C(OCC)c1ccc(F)cn1. The Balaban J connectivity index is 2.75. The van der Waals surface area contributed by atoms with E-state index in [4.69, 9.17) is 4.74 Å². The molecule has 0 N–H and O–H groups in total. The van der Waals surface area contributed by atoms with Crippen molar-refractivity contribution < 1.29 is 9.13 Å². The maximum Gasteiger partial charge on any atom is 0.141 e. The van der Waals surface area contributed by atoms with Crippen molar-refractivity contribution in [2.75, 3.05) is 6.61 Å². The topological polar surface area (TPSA) is 22.1 Å². The molecular formula is C9H10FNO.